The van der Waals surface area contributed by atoms with E-state index in [1.165, 1.54) is 33.9 Å². The van der Waals surface area contributed by atoms with Crippen LogP contribution in [-0.2, 0) is 33.2 Å². The molecule has 1 aliphatic heterocycles. The van der Waals surface area contributed by atoms with E-state index in [1.54, 1.807) is 27.0 Å². The number of fused-ring (bicyclic) bond motifs is 1. The average molecular weight is 699 g/mol. The molecule has 1 aliphatic rings. The van der Waals surface area contributed by atoms with Crippen LogP contribution in [0.1, 0.15) is 62.0 Å². The van der Waals surface area contributed by atoms with Crippen molar-refractivity contribution in [2.45, 2.75) is 64.6 Å². The maximum atomic E-state index is 13.9. The third-order valence-electron chi connectivity index (χ3n) is 7.83. The second-order valence-electron chi connectivity index (χ2n) is 11.1. The molecule has 0 saturated carbocycles. The molecule has 3 aromatic rings. The number of benzene rings is 1. The highest BCUT2D eigenvalue weighted by molar-refractivity contribution is 5.90. The number of pyridine rings is 1. The maximum absolute atomic E-state index is 13.9. The number of rotatable bonds is 11. The molecule has 266 valence electrons. The van der Waals surface area contributed by atoms with E-state index in [4.69, 9.17) is 14.2 Å². The molecule has 49 heavy (non-hydrogen) atoms. The number of carbonyl (C=O) groups excluding carboxylic acids is 2. The lowest BCUT2D eigenvalue weighted by Crippen LogP contribution is -2.48. The number of esters is 1. The summed E-state index contributed by atoms with van der Waals surface area (Å²) in [5.41, 5.74) is -2.69. The topological polar surface area (TPSA) is 110 Å². The molecule has 0 N–H and O–H groups in total. The van der Waals surface area contributed by atoms with Gasteiger partial charge in [0.2, 0.25) is 5.88 Å². The molecule has 0 saturated heterocycles. The monoisotopic (exact) mass is 698 g/mol. The van der Waals surface area contributed by atoms with Gasteiger partial charge in [0.1, 0.15) is 24.5 Å². The third kappa shape index (κ3) is 8.61. The average Bonchev–Trinajstić information content (AvgIpc) is 3.05. The van der Waals surface area contributed by atoms with Gasteiger partial charge in [0.25, 0.3) is 0 Å². The molecule has 0 fully saturated rings. The number of anilines is 3. The van der Waals surface area contributed by atoms with Crippen molar-refractivity contribution in [3.8, 4) is 5.88 Å². The lowest BCUT2D eigenvalue weighted by atomic mass is 9.91. The summed E-state index contributed by atoms with van der Waals surface area (Å²) in [6, 6.07) is 4.57. The lowest BCUT2D eigenvalue weighted by Gasteiger charge is -2.43. The Morgan fingerprint density at radius 3 is 2.12 bits per heavy atom. The van der Waals surface area contributed by atoms with Gasteiger partial charge >= 0.3 is 24.4 Å². The lowest BCUT2D eigenvalue weighted by molar-refractivity contribution is -0.143. The number of hydrogen-bond donors (Lipinski definition) is 0. The van der Waals surface area contributed by atoms with E-state index in [9.17, 15) is 35.9 Å². The standard InChI is InChI=1S/C32H36F6N6O5/c1-6-22-14-24(29-23(9-10-27(41-29)47-5)44(22)30(46)49-8-3)43(26-15-25(39-18-40-26)42(4)17-28(45)48-7-2)16-19-11-20(31(33,34)35)13-21(12-19)32(36,37)38/h9-13,15,18,22,24H,6-8,14,16-17H2,1-5H3/t22-,24+/m1/s1. The van der Waals surface area contributed by atoms with Gasteiger partial charge in [-0.2, -0.15) is 26.3 Å². The summed E-state index contributed by atoms with van der Waals surface area (Å²) < 4.78 is 99.0. The molecule has 0 unspecified atom stereocenters. The Labute approximate surface area is 278 Å². The molecule has 2 atom stereocenters. The van der Waals surface area contributed by atoms with E-state index >= 15 is 0 Å². The molecule has 11 nitrogen and oxygen atoms in total. The number of aromatic nitrogens is 3. The fourth-order valence-corrected chi connectivity index (χ4v) is 5.59. The van der Waals surface area contributed by atoms with Crippen LogP contribution in [0.25, 0.3) is 0 Å². The third-order valence-corrected chi connectivity index (χ3v) is 7.83. The van der Waals surface area contributed by atoms with E-state index in [0.29, 0.717) is 24.2 Å². The van der Waals surface area contributed by atoms with Crippen molar-refractivity contribution in [2.75, 3.05) is 48.6 Å². The quantitative estimate of drug-likeness (QED) is 0.157. The Morgan fingerprint density at radius 1 is 0.918 bits per heavy atom. The molecular weight excluding hydrogens is 662 g/mol. The van der Waals surface area contributed by atoms with Crippen molar-refractivity contribution >= 4 is 29.4 Å². The van der Waals surface area contributed by atoms with Gasteiger partial charge in [-0.15, -0.1) is 0 Å². The first-order chi connectivity index (χ1) is 23.1. The number of methoxy groups -OCH3 is 1. The first-order valence-corrected chi connectivity index (χ1v) is 15.4. The van der Waals surface area contributed by atoms with Crippen molar-refractivity contribution in [2.24, 2.45) is 0 Å². The minimum Gasteiger partial charge on any atom is -0.481 e. The first kappa shape index (κ1) is 37.0. The van der Waals surface area contributed by atoms with Crippen LogP contribution in [0.5, 0.6) is 5.88 Å². The van der Waals surface area contributed by atoms with Crippen LogP contribution in [0.2, 0.25) is 0 Å². The summed E-state index contributed by atoms with van der Waals surface area (Å²) in [4.78, 5) is 43.0. The van der Waals surface area contributed by atoms with Crippen molar-refractivity contribution in [1.82, 2.24) is 15.0 Å². The molecule has 0 radical (unpaired) electrons. The van der Waals surface area contributed by atoms with Gasteiger partial charge in [0, 0.05) is 31.8 Å². The maximum Gasteiger partial charge on any atom is 0.416 e. The van der Waals surface area contributed by atoms with E-state index < -0.39 is 54.2 Å². The van der Waals surface area contributed by atoms with E-state index in [0.717, 1.165) is 6.33 Å². The molecule has 2 aromatic heterocycles. The largest absolute Gasteiger partial charge is 0.481 e. The zero-order valence-corrected chi connectivity index (χ0v) is 27.4. The van der Waals surface area contributed by atoms with E-state index in [-0.39, 0.29) is 61.0 Å². The molecule has 3 heterocycles. The number of hydrogen-bond acceptors (Lipinski definition) is 10. The summed E-state index contributed by atoms with van der Waals surface area (Å²) >= 11 is 0. The molecule has 4 rings (SSSR count). The number of nitrogens with zero attached hydrogens (tertiary/aromatic N) is 6. The van der Waals surface area contributed by atoms with Crippen LogP contribution in [-0.4, -0.2) is 67.0 Å². The van der Waals surface area contributed by atoms with Crippen LogP contribution in [0.15, 0.2) is 42.7 Å². The van der Waals surface area contributed by atoms with Gasteiger partial charge in [-0.25, -0.2) is 19.7 Å². The molecule has 1 aromatic carbocycles. The summed E-state index contributed by atoms with van der Waals surface area (Å²) in [5, 5.41) is 0. The second kappa shape index (κ2) is 15.2. The zero-order chi connectivity index (χ0) is 36.1. The molecule has 17 heteroatoms. The molecule has 1 amide bonds. The number of carbonyl (C=O) groups is 2. The Kier molecular flexibility index (Phi) is 11.4. The van der Waals surface area contributed by atoms with Gasteiger partial charge in [-0.1, -0.05) is 6.92 Å². The predicted octanol–water partition coefficient (Wildman–Crippen LogP) is 6.81. The zero-order valence-electron chi connectivity index (χ0n) is 27.4. The smallest absolute Gasteiger partial charge is 0.416 e. The van der Waals surface area contributed by atoms with Crippen LogP contribution in [0.3, 0.4) is 0 Å². The summed E-state index contributed by atoms with van der Waals surface area (Å²) in [6.45, 7) is 4.65. The van der Waals surface area contributed by atoms with Crippen LogP contribution in [0.4, 0.5) is 48.5 Å². The number of likely N-dealkylation sites (N-methyl/N-ethyl adjacent to an activating group) is 1. The van der Waals surface area contributed by atoms with Crippen molar-refractivity contribution < 1.29 is 50.1 Å². The van der Waals surface area contributed by atoms with Gasteiger partial charge in [-0.05, 0) is 56.5 Å². The summed E-state index contributed by atoms with van der Waals surface area (Å²) in [6.07, 6.45) is -9.08. The summed E-state index contributed by atoms with van der Waals surface area (Å²) in [7, 11) is 2.93. The van der Waals surface area contributed by atoms with Gasteiger partial charge in [0.05, 0.1) is 48.9 Å². The van der Waals surface area contributed by atoms with Crippen molar-refractivity contribution in [3.05, 3.63) is 65.1 Å². The van der Waals surface area contributed by atoms with Crippen LogP contribution < -0.4 is 19.4 Å². The Bertz CT molecular complexity index is 1610. The Hall–Kier alpha value is -4.83. The van der Waals surface area contributed by atoms with Gasteiger partial charge < -0.3 is 24.0 Å². The minimum atomic E-state index is -5.07. The molecule has 0 spiro atoms. The fourth-order valence-electron chi connectivity index (χ4n) is 5.59. The second-order valence-corrected chi connectivity index (χ2v) is 11.1. The number of halogens is 6. The summed E-state index contributed by atoms with van der Waals surface area (Å²) in [5.74, 6) is -0.0731. The Balaban J connectivity index is 1.94. The van der Waals surface area contributed by atoms with Gasteiger partial charge in [-0.3, -0.25) is 9.69 Å². The molecule has 0 bridgehead atoms. The minimum absolute atomic E-state index is 0.0631. The Morgan fingerprint density at radius 2 is 1.55 bits per heavy atom. The highest BCUT2D eigenvalue weighted by Gasteiger charge is 2.42. The highest BCUT2D eigenvalue weighted by Crippen LogP contribution is 2.44. The highest BCUT2D eigenvalue weighted by atomic mass is 19.4. The SMILES string of the molecule is CCOC(=O)CN(C)c1cc(N(Cc2cc(C(F)(F)F)cc(C(F)(F)F)c2)[C@H]2C[C@@H](CC)N(C(=O)OCC)c3ccc(OC)nc32)ncn1. The van der Waals surface area contributed by atoms with Crippen LogP contribution >= 0.6 is 0 Å². The van der Waals surface area contributed by atoms with E-state index in [2.05, 4.69) is 15.0 Å². The predicted molar refractivity (Wildman–Crippen MR) is 166 cm³/mol. The number of amides is 1. The normalized spacial score (nSPS) is 16.1. The number of ether oxygens (including phenoxy) is 3. The number of alkyl halides is 6. The fraction of sp³-hybridized carbons (Fsp3) is 0.469. The molecule has 0 aliphatic carbocycles. The van der Waals surface area contributed by atoms with Gasteiger partial charge in [0.15, 0.2) is 0 Å². The first-order valence-electron chi connectivity index (χ1n) is 15.4. The van der Waals surface area contributed by atoms with Crippen molar-refractivity contribution in [3.63, 3.8) is 0 Å². The van der Waals surface area contributed by atoms with Crippen LogP contribution in [0, 0.1) is 0 Å². The molecular formula is C32H36F6N6O5. The van der Waals surface area contributed by atoms with E-state index in [1.807, 2.05) is 6.92 Å². The van der Waals surface area contributed by atoms with Crippen molar-refractivity contribution in [1.29, 1.82) is 0 Å².